The molecule has 5 rings (SSSR count). The van der Waals surface area contributed by atoms with E-state index in [0.717, 1.165) is 11.1 Å². The van der Waals surface area contributed by atoms with Crippen LogP contribution in [0, 0.1) is 13.8 Å². The van der Waals surface area contributed by atoms with Crippen molar-refractivity contribution in [2.45, 2.75) is 26.8 Å². The molecular formula is C31H33N5O5. The molecule has 10 nitrogen and oxygen atoms in total. The van der Waals surface area contributed by atoms with Crippen molar-refractivity contribution in [3.8, 4) is 34.4 Å². The minimum absolute atomic E-state index is 0.338. The van der Waals surface area contributed by atoms with Crippen LogP contribution < -0.4 is 29.6 Å². The second-order valence-corrected chi connectivity index (χ2v) is 9.67. The van der Waals surface area contributed by atoms with E-state index in [1.807, 2.05) is 31.2 Å². The van der Waals surface area contributed by atoms with Gasteiger partial charge in [0.2, 0.25) is 5.95 Å². The van der Waals surface area contributed by atoms with Gasteiger partial charge in [0, 0.05) is 22.9 Å². The van der Waals surface area contributed by atoms with Crippen LogP contribution in [0.2, 0.25) is 0 Å². The lowest BCUT2D eigenvalue weighted by atomic mass is 9.93. The molecule has 1 atom stereocenters. The minimum atomic E-state index is -0.719. The molecule has 0 bridgehead atoms. The van der Waals surface area contributed by atoms with Crippen molar-refractivity contribution in [1.82, 2.24) is 14.8 Å². The highest BCUT2D eigenvalue weighted by atomic mass is 16.5. The summed E-state index contributed by atoms with van der Waals surface area (Å²) in [4.78, 5) is 18.9. The van der Waals surface area contributed by atoms with Crippen LogP contribution in [0.25, 0.3) is 11.4 Å². The van der Waals surface area contributed by atoms with Crippen molar-refractivity contribution in [1.29, 1.82) is 0 Å². The molecule has 1 aliphatic heterocycles. The average Bonchev–Trinajstić information content (AvgIpc) is 3.40. The van der Waals surface area contributed by atoms with Gasteiger partial charge in [0.1, 0.15) is 17.5 Å². The molecule has 1 aliphatic rings. The molecule has 2 N–H and O–H groups in total. The summed E-state index contributed by atoms with van der Waals surface area (Å²) in [5, 5.41) is 11.2. The SMILES string of the molecule is COc1ccccc1NC(=O)C1=C(C)Nc2nc(-c3ccc(C)c(C)c3)nn2C1c1cc(OC)c(OC)cc1OC. The first-order valence-electron chi connectivity index (χ1n) is 13.1. The molecule has 1 amide bonds. The molecule has 1 unspecified atom stereocenters. The van der Waals surface area contributed by atoms with Gasteiger partial charge in [-0.2, -0.15) is 4.98 Å². The molecule has 0 saturated carbocycles. The number of hydrogen-bond donors (Lipinski definition) is 2. The van der Waals surface area contributed by atoms with Gasteiger partial charge in [-0.1, -0.05) is 24.3 Å². The topological polar surface area (TPSA) is 109 Å². The van der Waals surface area contributed by atoms with Crippen molar-refractivity contribution >= 4 is 17.5 Å². The Kier molecular flexibility index (Phi) is 7.56. The number of anilines is 2. The van der Waals surface area contributed by atoms with Gasteiger partial charge in [-0.15, -0.1) is 5.10 Å². The van der Waals surface area contributed by atoms with Crippen molar-refractivity contribution in [2.24, 2.45) is 0 Å². The number of methoxy groups -OCH3 is 4. The third-order valence-electron chi connectivity index (χ3n) is 7.25. The minimum Gasteiger partial charge on any atom is -0.496 e. The number of rotatable bonds is 8. The molecule has 0 saturated heterocycles. The maximum Gasteiger partial charge on any atom is 0.255 e. The maximum atomic E-state index is 14.1. The number of aryl methyl sites for hydroxylation is 2. The highest BCUT2D eigenvalue weighted by Gasteiger charge is 2.37. The van der Waals surface area contributed by atoms with E-state index >= 15 is 0 Å². The van der Waals surface area contributed by atoms with Crippen molar-refractivity contribution in [2.75, 3.05) is 39.1 Å². The number of aromatic nitrogens is 3. The Hall–Kier alpha value is -4.99. The molecular weight excluding hydrogens is 522 g/mol. The van der Waals surface area contributed by atoms with E-state index < -0.39 is 6.04 Å². The lowest BCUT2D eigenvalue weighted by Crippen LogP contribution is -2.32. The largest absolute Gasteiger partial charge is 0.496 e. The van der Waals surface area contributed by atoms with Crippen molar-refractivity contribution in [3.05, 3.63) is 82.6 Å². The van der Waals surface area contributed by atoms with Gasteiger partial charge < -0.3 is 29.6 Å². The number of para-hydroxylation sites is 2. The Morgan fingerprint density at radius 3 is 2.20 bits per heavy atom. The first-order valence-corrected chi connectivity index (χ1v) is 13.1. The molecule has 3 aromatic carbocycles. The molecule has 4 aromatic rings. The fraction of sp³-hybridized carbons (Fsp3) is 0.258. The lowest BCUT2D eigenvalue weighted by Gasteiger charge is -2.30. The maximum absolute atomic E-state index is 14.1. The van der Waals surface area contributed by atoms with Crippen LogP contribution in [0.4, 0.5) is 11.6 Å². The first kappa shape index (κ1) is 27.6. The van der Waals surface area contributed by atoms with Crippen LogP contribution in [-0.2, 0) is 4.79 Å². The number of amides is 1. The average molecular weight is 556 g/mol. The highest BCUT2D eigenvalue weighted by Crippen LogP contribution is 2.44. The molecule has 212 valence electrons. The summed E-state index contributed by atoms with van der Waals surface area (Å²) in [6.07, 6.45) is 0. The zero-order valence-electron chi connectivity index (χ0n) is 24.2. The normalized spacial score (nSPS) is 14.2. The molecule has 0 radical (unpaired) electrons. The summed E-state index contributed by atoms with van der Waals surface area (Å²) in [6.45, 7) is 5.95. The molecule has 41 heavy (non-hydrogen) atoms. The first-order chi connectivity index (χ1) is 19.8. The third kappa shape index (κ3) is 5.04. The number of benzene rings is 3. The van der Waals surface area contributed by atoms with E-state index in [0.29, 0.717) is 57.3 Å². The van der Waals surface area contributed by atoms with Gasteiger partial charge in [-0.25, -0.2) is 4.68 Å². The summed E-state index contributed by atoms with van der Waals surface area (Å²) in [5.74, 6) is 2.71. The highest BCUT2D eigenvalue weighted by molar-refractivity contribution is 6.06. The molecule has 1 aromatic heterocycles. The number of nitrogens with one attached hydrogen (secondary N) is 2. The fourth-order valence-corrected chi connectivity index (χ4v) is 4.94. The van der Waals surface area contributed by atoms with Crippen LogP contribution in [0.1, 0.15) is 29.7 Å². The van der Waals surface area contributed by atoms with E-state index in [2.05, 4.69) is 30.5 Å². The zero-order chi connectivity index (χ0) is 29.3. The summed E-state index contributed by atoms with van der Waals surface area (Å²) in [5.41, 5.74) is 5.40. The standard InChI is InChI=1S/C31H33N5O5/c1-17-12-13-20(14-18(17)2)29-34-31-32-19(3)27(30(37)33-22-10-8-9-11-23(22)38-4)28(36(31)35-29)21-15-25(40-6)26(41-7)16-24(21)39-5/h8-16,28H,1-7H3,(H,33,37)(H,32,34,35). The van der Waals surface area contributed by atoms with E-state index in [-0.39, 0.29) is 5.91 Å². The van der Waals surface area contributed by atoms with Crippen LogP contribution in [-0.4, -0.2) is 49.1 Å². The van der Waals surface area contributed by atoms with Crippen LogP contribution >= 0.6 is 0 Å². The molecule has 10 heteroatoms. The number of allylic oxidation sites excluding steroid dienone is 1. The Bertz CT molecular complexity index is 1660. The van der Waals surface area contributed by atoms with E-state index in [1.54, 1.807) is 57.4 Å². The lowest BCUT2D eigenvalue weighted by molar-refractivity contribution is -0.113. The van der Waals surface area contributed by atoms with Crippen molar-refractivity contribution in [3.63, 3.8) is 0 Å². The molecule has 0 spiro atoms. The predicted molar refractivity (Wildman–Crippen MR) is 157 cm³/mol. The summed E-state index contributed by atoms with van der Waals surface area (Å²) in [7, 11) is 6.25. The third-order valence-corrected chi connectivity index (χ3v) is 7.25. The fourth-order valence-electron chi connectivity index (χ4n) is 4.94. The Balaban J connectivity index is 1.69. The van der Waals surface area contributed by atoms with E-state index in [9.17, 15) is 4.79 Å². The van der Waals surface area contributed by atoms with Gasteiger partial charge in [0.05, 0.1) is 39.7 Å². The van der Waals surface area contributed by atoms with Gasteiger partial charge in [-0.3, -0.25) is 4.79 Å². The quantitative estimate of drug-likeness (QED) is 0.292. The Morgan fingerprint density at radius 1 is 0.829 bits per heavy atom. The zero-order valence-corrected chi connectivity index (χ0v) is 24.2. The number of hydrogen-bond acceptors (Lipinski definition) is 8. The van der Waals surface area contributed by atoms with Gasteiger partial charge >= 0.3 is 0 Å². The van der Waals surface area contributed by atoms with Crippen LogP contribution in [0.3, 0.4) is 0 Å². The van der Waals surface area contributed by atoms with Crippen molar-refractivity contribution < 1.29 is 23.7 Å². The van der Waals surface area contributed by atoms with Gasteiger partial charge in [0.25, 0.3) is 5.91 Å². The molecule has 0 aliphatic carbocycles. The summed E-state index contributed by atoms with van der Waals surface area (Å²) >= 11 is 0. The second-order valence-electron chi connectivity index (χ2n) is 9.67. The molecule has 0 fully saturated rings. The van der Waals surface area contributed by atoms with E-state index in [4.69, 9.17) is 29.0 Å². The molecule has 2 heterocycles. The van der Waals surface area contributed by atoms with E-state index in [1.165, 1.54) is 5.56 Å². The second kappa shape index (κ2) is 11.2. The smallest absolute Gasteiger partial charge is 0.255 e. The van der Waals surface area contributed by atoms with Gasteiger partial charge in [-0.05, 0) is 56.2 Å². The number of carbonyl (C=O) groups excluding carboxylic acids is 1. The number of fused-ring (bicyclic) bond motifs is 1. The monoisotopic (exact) mass is 555 g/mol. The predicted octanol–water partition coefficient (Wildman–Crippen LogP) is 5.52. The summed E-state index contributed by atoms with van der Waals surface area (Å²) < 4.78 is 24.1. The van der Waals surface area contributed by atoms with Crippen LogP contribution in [0.15, 0.2) is 65.9 Å². The summed E-state index contributed by atoms with van der Waals surface area (Å²) in [6, 6.07) is 16.2. The van der Waals surface area contributed by atoms with Crippen LogP contribution in [0.5, 0.6) is 23.0 Å². The van der Waals surface area contributed by atoms with Gasteiger partial charge in [0.15, 0.2) is 17.3 Å². The number of ether oxygens (including phenoxy) is 4. The Morgan fingerprint density at radius 2 is 1.51 bits per heavy atom. The Labute approximate surface area is 238 Å². The number of carbonyl (C=O) groups is 1. The number of nitrogens with zero attached hydrogens (tertiary/aromatic N) is 3.